The first-order chi connectivity index (χ1) is 16.2. The standard InChI is InChI=1S/C24H31F3N6S/c1-16-11-17(2)15-33(14-16)21-12-20(24(25,26)27)29-22(30-21)31-23(34)28-13-18-5-7-19(8-6-18)32-9-3-4-10-32/h5-8,12,16-17H,3-4,9-11,13-15H2,1-2H3,(H2,28,29,30,31,34). The Morgan fingerprint density at radius 1 is 1.03 bits per heavy atom. The third kappa shape index (κ3) is 6.28. The van der Waals surface area contributed by atoms with Crippen molar-refractivity contribution in [1.29, 1.82) is 0 Å². The molecule has 1 aromatic heterocycles. The summed E-state index contributed by atoms with van der Waals surface area (Å²) in [4.78, 5) is 12.3. The largest absolute Gasteiger partial charge is 0.433 e. The van der Waals surface area contributed by atoms with E-state index in [-0.39, 0.29) is 16.9 Å². The van der Waals surface area contributed by atoms with Crippen LogP contribution in [-0.4, -0.2) is 41.3 Å². The highest BCUT2D eigenvalue weighted by molar-refractivity contribution is 7.80. The predicted octanol–water partition coefficient (Wildman–Crippen LogP) is 5.06. The second-order valence-corrected chi connectivity index (χ2v) is 9.86. The molecule has 1 aromatic carbocycles. The van der Waals surface area contributed by atoms with Gasteiger partial charge in [-0.3, -0.25) is 0 Å². The van der Waals surface area contributed by atoms with Gasteiger partial charge in [0.15, 0.2) is 10.8 Å². The van der Waals surface area contributed by atoms with Crippen molar-refractivity contribution >= 4 is 34.8 Å². The van der Waals surface area contributed by atoms with E-state index in [1.807, 2.05) is 17.0 Å². The Balaban J connectivity index is 1.42. The van der Waals surface area contributed by atoms with Crippen molar-refractivity contribution in [2.45, 2.75) is 45.8 Å². The lowest BCUT2D eigenvalue weighted by molar-refractivity contribution is -0.141. The zero-order valence-corrected chi connectivity index (χ0v) is 20.3. The minimum Gasteiger partial charge on any atom is -0.372 e. The molecule has 4 rings (SSSR count). The van der Waals surface area contributed by atoms with E-state index >= 15 is 0 Å². The molecular weight excluding hydrogens is 461 g/mol. The number of aromatic nitrogens is 2. The molecule has 2 aromatic rings. The summed E-state index contributed by atoms with van der Waals surface area (Å²) in [7, 11) is 0. The summed E-state index contributed by atoms with van der Waals surface area (Å²) >= 11 is 5.32. The number of anilines is 3. The molecule has 2 fully saturated rings. The zero-order chi connectivity index (χ0) is 24.3. The van der Waals surface area contributed by atoms with Crippen LogP contribution in [0.1, 0.15) is 44.4 Å². The summed E-state index contributed by atoms with van der Waals surface area (Å²) in [6, 6.07) is 9.25. The molecule has 6 nitrogen and oxygen atoms in total. The van der Waals surface area contributed by atoms with Crippen LogP contribution < -0.4 is 20.4 Å². The predicted molar refractivity (Wildman–Crippen MR) is 133 cm³/mol. The molecule has 2 unspecified atom stereocenters. The van der Waals surface area contributed by atoms with Crippen LogP contribution in [0.2, 0.25) is 0 Å². The maximum atomic E-state index is 13.5. The van der Waals surface area contributed by atoms with Crippen molar-refractivity contribution in [3.8, 4) is 0 Å². The molecule has 3 heterocycles. The van der Waals surface area contributed by atoms with Gasteiger partial charge in [0.25, 0.3) is 0 Å². The van der Waals surface area contributed by atoms with E-state index < -0.39 is 11.9 Å². The summed E-state index contributed by atoms with van der Waals surface area (Å²) in [5.74, 6) is 0.870. The number of hydrogen-bond acceptors (Lipinski definition) is 5. The Morgan fingerprint density at radius 3 is 2.29 bits per heavy atom. The Labute approximate surface area is 204 Å². The molecule has 10 heteroatoms. The van der Waals surface area contributed by atoms with E-state index in [1.54, 1.807) is 0 Å². The SMILES string of the molecule is CC1CC(C)CN(c2cc(C(F)(F)F)nc(NC(=S)NCc3ccc(N4CCCC4)cc3)n2)C1. The fraction of sp³-hybridized carbons (Fsp3) is 0.542. The van der Waals surface area contributed by atoms with Gasteiger partial charge in [-0.25, -0.2) is 4.98 Å². The Kier molecular flexibility index (Phi) is 7.45. The van der Waals surface area contributed by atoms with Gasteiger partial charge in [-0.15, -0.1) is 0 Å². The maximum absolute atomic E-state index is 13.5. The smallest absolute Gasteiger partial charge is 0.372 e. The summed E-state index contributed by atoms with van der Waals surface area (Å²) < 4.78 is 40.6. The highest BCUT2D eigenvalue weighted by atomic mass is 32.1. The van der Waals surface area contributed by atoms with Crippen LogP contribution in [0, 0.1) is 11.8 Å². The zero-order valence-electron chi connectivity index (χ0n) is 19.5. The van der Waals surface area contributed by atoms with Gasteiger partial charge in [0.1, 0.15) is 5.82 Å². The van der Waals surface area contributed by atoms with Crippen molar-refractivity contribution < 1.29 is 13.2 Å². The molecule has 2 aliphatic rings. The number of hydrogen-bond donors (Lipinski definition) is 2. The van der Waals surface area contributed by atoms with Crippen molar-refractivity contribution in [2.24, 2.45) is 11.8 Å². The molecule has 34 heavy (non-hydrogen) atoms. The van der Waals surface area contributed by atoms with Gasteiger partial charge in [0, 0.05) is 44.5 Å². The van der Waals surface area contributed by atoms with E-state index in [0.717, 1.165) is 31.1 Å². The second-order valence-electron chi connectivity index (χ2n) is 9.45. The molecule has 2 aliphatic heterocycles. The highest BCUT2D eigenvalue weighted by Crippen LogP contribution is 2.32. The lowest BCUT2D eigenvalue weighted by atomic mass is 9.92. The molecule has 0 aliphatic carbocycles. The number of benzene rings is 1. The molecule has 0 bridgehead atoms. The number of nitrogens with zero attached hydrogens (tertiary/aromatic N) is 4. The number of nitrogens with one attached hydrogen (secondary N) is 2. The topological polar surface area (TPSA) is 56.3 Å². The molecule has 184 valence electrons. The number of halogens is 3. The number of thiocarbonyl (C=S) groups is 1. The van der Waals surface area contributed by atoms with Gasteiger partial charge >= 0.3 is 6.18 Å². The van der Waals surface area contributed by atoms with Crippen molar-refractivity contribution in [1.82, 2.24) is 15.3 Å². The van der Waals surface area contributed by atoms with Crippen molar-refractivity contribution in [3.63, 3.8) is 0 Å². The van der Waals surface area contributed by atoms with E-state index in [0.29, 0.717) is 31.5 Å². The fourth-order valence-electron chi connectivity index (χ4n) is 4.78. The van der Waals surface area contributed by atoms with Gasteiger partial charge in [0.05, 0.1) is 0 Å². The fourth-order valence-corrected chi connectivity index (χ4v) is 4.94. The van der Waals surface area contributed by atoms with Crippen LogP contribution in [0.25, 0.3) is 0 Å². The molecule has 0 radical (unpaired) electrons. The summed E-state index contributed by atoms with van der Waals surface area (Å²) in [6.45, 7) is 8.13. The van der Waals surface area contributed by atoms with Crippen LogP contribution in [-0.2, 0) is 12.7 Å². The molecule has 2 saturated heterocycles. The van der Waals surface area contributed by atoms with E-state index in [9.17, 15) is 13.2 Å². The molecule has 2 atom stereocenters. The summed E-state index contributed by atoms with van der Waals surface area (Å²) in [5, 5.41) is 5.96. The first-order valence-corrected chi connectivity index (χ1v) is 12.2. The second kappa shape index (κ2) is 10.3. The summed E-state index contributed by atoms with van der Waals surface area (Å²) in [5.41, 5.74) is 1.24. The quantitative estimate of drug-likeness (QED) is 0.566. The number of piperidine rings is 1. The van der Waals surface area contributed by atoms with Gasteiger partial charge in [-0.1, -0.05) is 26.0 Å². The van der Waals surface area contributed by atoms with Gasteiger partial charge < -0.3 is 20.4 Å². The molecule has 0 spiro atoms. The van der Waals surface area contributed by atoms with Crippen molar-refractivity contribution in [2.75, 3.05) is 41.3 Å². The lowest BCUT2D eigenvalue weighted by Crippen LogP contribution is -2.39. The first-order valence-electron chi connectivity index (χ1n) is 11.8. The van der Waals surface area contributed by atoms with Gasteiger partial charge in [-0.05, 0) is 61.0 Å². The van der Waals surface area contributed by atoms with Crippen LogP contribution >= 0.6 is 12.2 Å². The third-order valence-corrected chi connectivity index (χ3v) is 6.53. The summed E-state index contributed by atoms with van der Waals surface area (Å²) in [6.07, 6.45) is -1.09. The Hall–Kier alpha value is -2.62. The normalized spacial score (nSPS) is 21.0. The van der Waals surface area contributed by atoms with E-state index in [4.69, 9.17) is 12.2 Å². The van der Waals surface area contributed by atoms with Crippen molar-refractivity contribution in [3.05, 3.63) is 41.6 Å². The number of rotatable bonds is 5. The van der Waals surface area contributed by atoms with Crippen LogP contribution in [0.4, 0.5) is 30.6 Å². The average Bonchev–Trinajstić information content (AvgIpc) is 3.32. The number of alkyl halides is 3. The minimum atomic E-state index is -4.58. The minimum absolute atomic E-state index is 0.155. The van der Waals surface area contributed by atoms with Crippen LogP contribution in [0.5, 0.6) is 0 Å². The van der Waals surface area contributed by atoms with Gasteiger partial charge in [-0.2, -0.15) is 18.2 Å². The molecular formula is C24H31F3N6S. The third-order valence-electron chi connectivity index (χ3n) is 6.28. The van der Waals surface area contributed by atoms with E-state index in [2.05, 4.69) is 51.5 Å². The first kappa shape index (κ1) is 24.5. The molecule has 2 N–H and O–H groups in total. The lowest BCUT2D eigenvalue weighted by Gasteiger charge is -2.36. The Bertz CT molecular complexity index is 981. The Morgan fingerprint density at radius 2 is 1.68 bits per heavy atom. The maximum Gasteiger partial charge on any atom is 0.433 e. The average molecular weight is 493 g/mol. The van der Waals surface area contributed by atoms with Gasteiger partial charge in [0.2, 0.25) is 5.95 Å². The van der Waals surface area contributed by atoms with Crippen LogP contribution in [0.3, 0.4) is 0 Å². The monoisotopic (exact) mass is 492 g/mol. The molecule has 0 saturated carbocycles. The van der Waals surface area contributed by atoms with E-state index in [1.165, 1.54) is 18.5 Å². The molecule has 0 amide bonds. The van der Waals surface area contributed by atoms with Crippen LogP contribution in [0.15, 0.2) is 30.3 Å². The highest BCUT2D eigenvalue weighted by Gasteiger charge is 2.35.